The molecule has 0 amide bonds. The van der Waals surface area contributed by atoms with Gasteiger partial charge in [-0.05, 0) is 11.5 Å². The van der Waals surface area contributed by atoms with E-state index in [0.717, 1.165) is 10.7 Å². The summed E-state index contributed by atoms with van der Waals surface area (Å²) in [5.74, 6) is 1.31. The maximum absolute atomic E-state index is 9.19. The van der Waals surface area contributed by atoms with Crippen LogP contribution in [0.25, 0.3) is 0 Å². The Balaban J connectivity index is 2.18. The van der Waals surface area contributed by atoms with Gasteiger partial charge in [-0.3, -0.25) is 0 Å². The molecule has 0 saturated heterocycles. The van der Waals surface area contributed by atoms with E-state index in [1.165, 1.54) is 11.8 Å². The van der Waals surface area contributed by atoms with Gasteiger partial charge in [0.25, 0.3) is 0 Å². The van der Waals surface area contributed by atoms with Gasteiger partial charge in [0.1, 0.15) is 12.1 Å². The SMILES string of the molecule is COc1ccc(B(O)O)cc1CSc1nncn1C. The van der Waals surface area contributed by atoms with Gasteiger partial charge < -0.3 is 19.4 Å². The van der Waals surface area contributed by atoms with Crippen molar-refractivity contribution in [3.63, 3.8) is 0 Å². The highest BCUT2D eigenvalue weighted by atomic mass is 32.2. The summed E-state index contributed by atoms with van der Waals surface area (Å²) in [6.07, 6.45) is 1.63. The molecule has 8 heteroatoms. The van der Waals surface area contributed by atoms with E-state index in [1.807, 2.05) is 11.6 Å². The summed E-state index contributed by atoms with van der Waals surface area (Å²) in [4.78, 5) is 0. The van der Waals surface area contributed by atoms with Gasteiger partial charge in [-0.1, -0.05) is 23.9 Å². The Bertz CT molecular complexity index is 562. The van der Waals surface area contributed by atoms with Crippen molar-refractivity contribution >= 4 is 24.3 Å². The largest absolute Gasteiger partial charge is 0.496 e. The van der Waals surface area contributed by atoms with Crippen LogP contribution in [0, 0.1) is 0 Å². The molecule has 0 aliphatic carbocycles. The average molecular weight is 279 g/mol. The number of benzene rings is 1. The Morgan fingerprint density at radius 3 is 2.79 bits per heavy atom. The van der Waals surface area contributed by atoms with Gasteiger partial charge in [0.2, 0.25) is 0 Å². The van der Waals surface area contributed by atoms with Crippen molar-refractivity contribution in [2.24, 2.45) is 7.05 Å². The second-order valence-electron chi connectivity index (χ2n) is 3.96. The molecule has 19 heavy (non-hydrogen) atoms. The lowest BCUT2D eigenvalue weighted by Crippen LogP contribution is -2.30. The number of hydrogen-bond donors (Lipinski definition) is 2. The third kappa shape index (κ3) is 3.28. The average Bonchev–Trinajstić information content (AvgIpc) is 2.81. The highest BCUT2D eigenvalue weighted by molar-refractivity contribution is 7.98. The predicted octanol–water partition coefficient (Wildman–Crippen LogP) is -0.204. The summed E-state index contributed by atoms with van der Waals surface area (Å²) in [7, 11) is 1.97. The van der Waals surface area contributed by atoms with Gasteiger partial charge >= 0.3 is 7.12 Å². The summed E-state index contributed by atoms with van der Waals surface area (Å²) < 4.78 is 7.08. The van der Waals surface area contributed by atoms with Crippen LogP contribution in [0.2, 0.25) is 0 Å². The molecule has 6 nitrogen and oxygen atoms in total. The van der Waals surface area contributed by atoms with Crippen LogP contribution in [0.3, 0.4) is 0 Å². The number of thioether (sulfide) groups is 1. The minimum atomic E-state index is -1.48. The van der Waals surface area contributed by atoms with Crippen molar-refractivity contribution in [1.82, 2.24) is 14.8 Å². The molecule has 0 saturated carbocycles. The number of aromatic nitrogens is 3. The molecule has 0 aliphatic heterocycles. The lowest BCUT2D eigenvalue weighted by atomic mass is 9.79. The maximum Gasteiger partial charge on any atom is 0.488 e. The van der Waals surface area contributed by atoms with Crippen LogP contribution >= 0.6 is 11.8 Å². The molecule has 2 rings (SSSR count). The fourth-order valence-corrected chi connectivity index (χ4v) is 2.48. The molecule has 1 heterocycles. The van der Waals surface area contributed by atoms with E-state index in [0.29, 0.717) is 17.0 Å². The van der Waals surface area contributed by atoms with E-state index < -0.39 is 7.12 Å². The quantitative estimate of drug-likeness (QED) is 0.582. The zero-order chi connectivity index (χ0) is 13.8. The third-order valence-electron chi connectivity index (χ3n) is 2.63. The smallest absolute Gasteiger partial charge is 0.488 e. The lowest BCUT2D eigenvalue weighted by Gasteiger charge is -2.10. The molecule has 0 fully saturated rings. The molecule has 0 unspecified atom stereocenters. The Hall–Kier alpha value is -1.51. The van der Waals surface area contributed by atoms with E-state index in [9.17, 15) is 10.0 Å². The summed E-state index contributed by atoms with van der Waals surface area (Å²) in [6, 6.07) is 5.06. The van der Waals surface area contributed by atoms with Crippen molar-refractivity contribution in [2.45, 2.75) is 10.9 Å². The van der Waals surface area contributed by atoms with Crippen LogP contribution in [-0.2, 0) is 12.8 Å². The van der Waals surface area contributed by atoms with Crippen LogP contribution in [-0.4, -0.2) is 39.0 Å². The van der Waals surface area contributed by atoms with E-state index in [1.54, 1.807) is 31.6 Å². The molecule has 1 aromatic heterocycles. The molecule has 2 aromatic rings. The minimum Gasteiger partial charge on any atom is -0.496 e. The summed E-state index contributed by atoms with van der Waals surface area (Å²) >= 11 is 1.50. The molecular formula is C11H14BN3O3S. The fourth-order valence-electron chi connectivity index (χ4n) is 1.62. The number of nitrogens with zero attached hydrogens (tertiary/aromatic N) is 3. The van der Waals surface area contributed by atoms with E-state index in [4.69, 9.17) is 4.74 Å². The normalized spacial score (nSPS) is 10.5. The standard InChI is InChI=1S/C11H14BN3O3S/c1-15-7-13-14-11(15)19-6-8-5-9(12(16)17)3-4-10(8)18-2/h3-5,7,16-17H,6H2,1-2H3. The second kappa shape index (κ2) is 6.09. The van der Waals surface area contributed by atoms with E-state index in [2.05, 4.69) is 10.2 Å². The number of ether oxygens (including phenoxy) is 1. The zero-order valence-corrected chi connectivity index (χ0v) is 11.5. The number of rotatable bonds is 5. The highest BCUT2D eigenvalue weighted by Crippen LogP contribution is 2.25. The van der Waals surface area contributed by atoms with Crippen LogP contribution in [0.1, 0.15) is 5.56 Å². The van der Waals surface area contributed by atoms with Gasteiger partial charge in [-0.2, -0.15) is 0 Å². The van der Waals surface area contributed by atoms with Crippen LogP contribution in [0.4, 0.5) is 0 Å². The maximum atomic E-state index is 9.19. The van der Waals surface area contributed by atoms with Crippen molar-refractivity contribution in [3.8, 4) is 5.75 Å². The minimum absolute atomic E-state index is 0.439. The third-order valence-corrected chi connectivity index (χ3v) is 3.71. The van der Waals surface area contributed by atoms with Crippen molar-refractivity contribution in [2.75, 3.05) is 7.11 Å². The Kier molecular flexibility index (Phi) is 4.46. The molecule has 0 radical (unpaired) electrons. The lowest BCUT2D eigenvalue weighted by molar-refractivity contribution is 0.410. The van der Waals surface area contributed by atoms with Crippen molar-refractivity contribution < 1.29 is 14.8 Å². The fraction of sp³-hybridized carbons (Fsp3) is 0.273. The molecule has 0 spiro atoms. The monoisotopic (exact) mass is 279 g/mol. The summed E-state index contributed by atoms with van der Waals surface area (Å²) in [6.45, 7) is 0. The second-order valence-corrected chi connectivity index (χ2v) is 4.90. The van der Waals surface area contributed by atoms with E-state index >= 15 is 0 Å². The topological polar surface area (TPSA) is 80.4 Å². The van der Waals surface area contributed by atoms with Crippen LogP contribution in [0.5, 0.6) is 5.75 Å². The first-order valence-electron chi connectivity index (χ1n) is 5.61. The summed E-state index contributed by atoms with van der Waals surface area (Å²) in [5.41, 5.74) is 1.32. The summed E-state index contributed by atoms with van der Waals surface area (Å²) in [5, 5.41) is 27.0. The number of hydrogen-bond acceptors (Lipinski definition) is 6. The molecule has 0 aliphatic rings. The highest BCUT2D eigenvalue weighted by Gasteiger charge is 2.14. The van der Waals surface area contributed by atoms with Gasteiger partial charge in [0.05, 0.1) is 7.11 Å². The Labute approximate surface area is 115 Å². The van der Waals surface area contributed by atoms with E-state index in [-0.39, 0.29) is 0 Å². The Morgan fingerprint density at radius 1 is 1.42 bits per heavy atom. The first-order chi connectivity index (χ1) is 9.11. The van der Waals surface area contributed by atoms with Crippen LogP contribution < -0.4 is 10.2 Å². The predicted molar refractivity (Wildman–Crippen MR) is 73.4 cm³/mol. The van der Waals surface area contributed by atoms with Crippen molar-refractivity contribution in [1.29, 1.82) is 0 Å². The van der Waals surface area contributed by atoms with Crippen molar-refractivity contribution in [3.05, 3.63) is 30.1 Å². The van der Waals surface area contributed by atoms with Gasteiger partial charge in [0.15, 0.2) is 5.16 Å². The molecule has 2 N–H and O–H groups in total. The molecule has 1 aromatic carbocycles. The van der Waals surface area contributed by atoms with Gasteiger partial charge in [-0.15, -0.1) is 10.2 Å². The molecule has 0 atom stereocenters. The first-order valence-corrected chi connectivity index (χ1v) is 6.60. The van der Waals surface area contributed by atoms with Crippen LogP contribution in [0.15, 0.2) is 29.7 Å². The number of methoxy groups -OCH3 is 1. The zero-order valence-electron chi connectivity index (χ0n) is 10.6. The Morgan fingerprint density at radius 2 is 2.21 bits per heavy atom. The van der Waals surface area contributed by atoms with Gasteiger partial charge in [0, 0.05) is 18.4 Å². The molecule has 100 valence electrons. The first kappa shape index (κ1) is 13.9. The number of aryl methyl sites for hydroxylation is 1. The molecular weight excluding hydrogens is 265 g/mol. The molecule has 0 bridgehead atoms. The van der Waals surface area contributed by atoms with Gasteiger partial charge in [-0.25, -0.2) is 0 Å².